The summed E-state index contributed by atoms with van der Waals surface area (Å²) in [6.45, 7) is 1.93. The SMILES string of the molecule is Cc1cc(NC(=O)/C=C/c2cnn(C)c2)nn1Cc1cccc(C(F)(F)F)c1. The van der Waals surface area contributed by atoms with Gasteiger partial charge in [0.25, 0.3) is 0 Å². The number of rotatable bonds is 5. The number of hydrogen-bond acceptors (Lipinski definition) is 3. The minimum absolute atomic E-state index is 0.164. The van der Waals surface area contributed by atoms with Gasteiger partial charge < -0.3 is 5.32 Å². The first-order chi connectivity index (χ1) is 13.2. The maximum atomic E-state index is 12.8. The van der Waals surface area contributed by atoms with E-state index in [1.54, 1.807) is 49.3 Å². The number of hydrogen-bond donors (Lipinski definition) is 1. The third-order valence-corrected chi connectivity index (χ3v) is 3.97. The topological polar surface area (TPSA) is 64.7 Å². The fourth-order valence-electron chi connectivity index (χ4n) is 2.62. The Morgan fingerprint density at radius 2 is 2.07 bits per heavy atom. The highest BCUT2D eigenvalue weighted by molar-refractivity contribution is 6.01. The van der Waals surface area contributed by atoms with Crippen molar-refractivity contribution in [3.63, 3.8) is 0 Å². The van der Waals surface area contributed by atoms with Crippen molar-refractivity contribution >= 4 is 17.8 Å². The second-order valence-corrected chi connectivity index (χ2v) is 6.30. The molecule has 2 aromatic heterocycles. The lowest BCUT2D eigenvalue weighted by molar-refractivity contribution is -0.137. The number of amides is 1. The van der Waals surface area contributed by atoms with Gasteiger partial charge in [0.1, 0.15) is 0 Å². The van der Waals surface area contributed by atoms with E-state index < -0.39 is 11.7 Å². The van der Waals surface area contributed by atoms with Crippen molar-refractivity contribution in [2.45, 2.75) is 19.6 Å². The van der Waals surface area contributed by atoms with Crippen LogP contribution in [0.2, 0.25) is 0 Å². The standard InChI is InChI=1S/C19H18F3N5O/c1-13-8-17(24-18(28)7-6-15-10-23-26(2)11-15)25-27(13)12-14-4-3-5-16(9-14)19(20,21)22/h3-11H,12H2,1-2H3,(H,24,25,28)/b7-6+. The van der Waals surface area contributed by atoms with Crippen LogP contribution < -0.4 is 5.32 Å². The smallest absolute Gasteiger partial charge is 0.306 e. The van der Waals surface area contributed by atoms with Crippen molar-refractivity contribution in [1.82, 2.24) is 19.6 Å². The van der Waals surface area contributed by atoms with Gasteiger partial charge in [0, 0.05) is 36.6 Å². The maximum Gasteiger partial charge on any atom is 0.416 e. The summed E-state index contributed by atoms with van der Waals surface area (Å²) in [5.74, 6) is -0.0436. The Balaban J connectivity index is 1.68. The third kappa shape index (κ3) is 4.87. The van der Waals surface area contributed by atoms with Crippen molar-refractivity contribution < 1.29 is 18.0 Å². The second-order valence-electron chi connectivity index (χ2n) is 6.30. The van der Waals surface area contributed by atoms with Crippen LogP contribution in [0.5, 0.6) is 0 Å². The van der Waals surface area contributed by atoms with E-state index >= 15 is 0 Å². The molecule has 0 fully saturated rings. The highest BCUT2D eigenvalue weighted by Crippen LogP contribution is 2.29. The zero-order valence-corrected chi connectivity index (χ0v) is 15.2. The molecule has 3 rings (SSSR count). The van der Waals surface area contributed by atoms with Crippen LogP contribution in [-0.4, -0.2) is 25.5 Å². The summed E-state index contributed by atoms with van der Waals surface area (Å²) in [7, 11) is 1.78. The zero-order chi connectivity index (χ0) is 20.3. The van der Waals surface area contributed by atoms with Crippen LogP contribution >= 0.6 is 0 Å². The first kappa shape index (κ1) is 19.4. The van der Waals surface area contributed by atoms with Crippen molar-refractivity contribution in [2.75, 3.05) is 5.32 Å². The van der Waals surface area contributed by atoms with Gasteiger partial charge >= 0.3 is 6.18 Å². The lowest BCUT2D eigenvalue weighted by Gasteiger charge is -2.09. The molecule has 1 aromatic carbocycles. The summed E-state index contributed by atoms with van der Waals surface area (Å²) in [6, 6.07) is 6.74. The van der Waals surface area contributed by atoms with E-state index in [-0.39, 0.29) is 12.5 Å². The Kier molecular flexibility index (Phi) is 5.34. The molecule has 1 N–H and O–H groups in total. The average Bonchev–Trinajstić information content (AvgIpc) is 3.18. The van der Waals surface area contributed by atoms with Gasteiger partial charge in [-0.3, -0.25) is 14.2 Å². The number of halogens is 3. The molecule has 6 nitrogen and oxygen atoms in total. The van der Waals surface area contributed by atoms with Crippen LogP contribution in [0.1, 0.15) is 22.4 Å². The summed E-state index contributed by atoms with van der Waals surface area (Å²) in [5, 5.41) is 10.9. The van der Waals surface area contributed by atoms with E-state index in [0.717, 1.165) is 17.7 Å². The molecule has 0 radical (unpaired) electrons. The number of aryl methyl sites for hydroxylation is 2. The molecule has 1 amide bonds. The average molecular weight is 389 g/mol. The molecule has 0 atom stereocenters. The highest BCUT2D eigenvalue weighted by atomic mass is 19.4. The number of alkyl halides is 3. The summed E-state index contributed by atoms with van der Waals surface area (Å²) in [4.78, 5) is 12.0. The molecule has 0 aliphatic carbocycles. The van der Waals surface area contributed by atoms with Crippen LogP contribution in [-0.2, 0) is 24.6 Å². The lowest BCUT2D eigenvalue weighted by Crippen LogP contribution is -2.10. The third-order valence-electron chi connectivity index (χ3n) is 3.97. The van der Waals surface area contributed by atoms with Crippen LogP contribution in [0.4, 0.5) is 19.0 Å². The van der Waals surface area contributed by atoms with Crippen molar-refractivity contribution in [1.29, 1.82) is 0 Å². The van der Waals surface area contributed by atoms with Crippen LogP contribution in [0.3, 0.4) is 0 Å². The number of anilines is 1. The Morgan fingerprint density at radius 3 is 2.75 bits per heavy atom. The van der Waals surface area contributed by atoms with E-state index in [4.69, 9.17) is 0 Å². The number of carbonyl (C=O) groups is 1. The molecular formula is C19H18F3N5O. The van der Waals surface area contributed by atoms with Gasteiger partial charge in [-0.05, 0) is 30.7 Å². The number of aromatic nitrogens is 4. The van der Waals surface area contributed by atoms with Gasteiger partial charge in [-0.15, -0.1) is 0 Å². The fraction of sp³-hybridized carbons (Fsp3) is 0.211. The fourth-order valence-corrected chi connectivity index (χ4v) is 2.62. The Morgan fingerprint density at radius 1 is 1.29 bits per heavy atom. The Bertz CT molecular complexity index is 1020. The lowest BCUT2D eigenvalue weighted by atomic mass is 10.1. The molecule has 0 aliphatic heterocycles. The number of carbonyl (C=O) groups excluding carboxylic acids is 1. The van der Waals surface area contributed by atoms with E-state index in [2.05, 4.69) is 15.5 Å². The van der Waals surface area contributed by atoms with Crippen molar-refractivity contribution in [3.8, 4) is 0 Å². The molecular weight excluding hydrogens is 371 g/mol. The highest BCUT2D eigenvalue weighted by Gasteiger charge is 2.30. The monoisotopic (exact) mass is 389 g/mol. The molecule has 28 heavy (non-hydrogen) atoms. The first-order valence-electron chi connectivity index (χ1n) is 8.39. The first-order valence-corrected chi connectivity index (χ1v) is 8.39. The second kappa shape index (κ2) is 7.71. The van der Waals surface area contributed by atoms with E-state index in [1.807, 2.05) is 0 Å². The molecule has 0 aliphatic rings. The van der Waals surface area contributed by atoms with Crippen LogP contribution in [0.25, 0.3) is 6.08 Å². The van der Waals surface area contributed by atoms with Gasteiger partial charge in [0.15, 0.2) is 5.82 Å². The maximum absolute atomic E-state index is 12.8. The van der Waals surface area contributed by atoms with E-state index in [9.17, 15) is 18.0 Å². The predicted octanol–water partition coefficient (Wildman–Crippen LogP) is 3.64. The van der Waals surface area contributed by atoms with Gasteiger partial charge in [0.2, 0.25) is 5.91 Å². The minimum Gasteiger partial charge on any atom is -0.306 e. The molecule has 146 valence electrons. The molecule has 0 spiro atoms. The molecule has 3 aromatic rings. The Labute approximate surface area is 159 Å². The normalized spacial score (nSPS) is 11.9. The van der Waals surface area contributed by atoms with Gasteiger partial charge in [-0.1, -0.05) is 12.1 Å². The molecule has 0 unspecified atom stereocenters. The summed E-state index contributed by atoms with van der Waals surface area (Å²) in [5.41, 5.74) is 1.26. The molecule has 0 saturated carbocycles. The van der Waals surface area contributed by atoms with E-state index in [1.165, 1.54) is 16.8 Å². The molecule has 0 saturated heterocycles. The summed E-state index contributed by atoms with van der Waals surface area (Å²) >= 11 is 0. The van der Waals surface area contributed by atoms with Gasteiger partial charge in [0.05, 0.1) is 18.3 Å². The molecule has 9 heteroatoms. The summed E-state index contributed by atoms with van der Waals surface area (Å²) in [6.07, 6.45) is 1.97. The van der Waals surface area contributed by atoms with E-state index in [0.29, 0.717) is 17.1 Å². The number of nitrogens with one attached hydrogen (secondary N) is 1. The molecule has 0 bridgehead atoms. The van der Waals surface area contributed by atoms with Crippen molar-refractivity contribution in [3.05, 3.63) is 71.2 Å². The number of nitrogens with zero attached hydrogens (tertiary/aromatic N) is 4. The van der Waals surface area contributed by atoms with Gasteiger partial charge in [-0.2, -0.15) is 23.4 Å². The predicted molar refractivity (Wildman–Crippen MR) is 98.4 cm³/mol. The largest absolute Gasteiger partial charge is 0.416 e. The zero-order valence-electron chi connectivity index (χ0n) is 15.2. The number of benzene rings is 1. The quantitative estimate of drug-likeness (QED) is 0.678. The Hall–Kier alpha value is -3.36. The summed E-state index contributed by atoms with van der Waals surface area (Å²) < 4.78 is 41.7. The van der Waals surface area contributed by atoms with Crippen LogP contribution in [0.15, 0.2) is 48.8 Å². The molecule has 2 heterocycles. The van der Waals surface area contributed by atoms with Gasteiger partial charge in [-0.25, -0.2) is 0 Å². The minimum atomic E-state index is -4.39. The van der Waals surface area contributed by atoms with Crippen molar-refractivity contribution in [2.24, 2.45) is 7.05 Å². The van der Waals surface area contributed by atoms with Crippen LogP contribution in [0, 0.1) is 6.92 Å².